The van der Waals surface area contributed by atoms with Gasteiger partial charge in [0.1, 0.15) is 11.7 Å². The largest absolute Gasteiger partial charge is 0.480 e. The topological polar surface area (TPSA) is 98.9 Å². The molecule has 0 radical (unpaired) electrons. The predicted molar refractivity (Wildman–Crippen MR) is 70.9 cm³/mol. The van der Waals surface area contributed by atoms with Gasteiger partial charge in [-0.05, 0) is 25.2 Å². The number of fused-ring (bicyclic) bond motifs is 1. The van der Waals surface area contributed by atoms with Gasteiger partial charge in [-0.2, -0.15) is 0 Å². The van der Waals surface area contributed by atoms with Crippen LogP contribution in [0.2, 0.25) is 0 Å². The summed E-state index contributed by atoms with van der Waals surface area (Å²) in [5.74, 6) is -3.31. The maximum atomic E-state index is 13.7. The Kier molecular flexibility index (Phi) is 4.26. The molecule has 1 unspecified atom stereocenters. The van der Waals surface area contributed by atoms with Gasteiger partial charge in [0.25, 0.3) is 0 Å². The molecule has 0 amide bonds. The van der Waals surface area contributed by atoms with Gasteiger partial charge in [0.15, 0.2) is 6.29 Å². The van der Waals surface area contributed by atoms with Gasteiger partial charge in [0.2, 0.25) is 0 Å². The van der Waals surface area contributed by atoms with Crippen LogP contribution in [0.1, 0.15) is 27.2 Å². The summed E-state index contributed by atoms with van der Waals surface area (Å²) in [6.07, 6.45) is -2.34. The molecule has 0 heterocycles. The number of carboxylic acids is 1. The Balaban J connectivity index is 1.91. The number of hydrogen-bond acceptors (Lipinski definition) is 5. The highest BCUT2D eigenvalue weighted by Gasteiger charge is 2.74. The Bertz CT molecular complexity index is 443. The van der Waals surface area contributed by atoms with E-state index in [4.69, 9.17) is 20.3 Å². The molecule has 0 aromatic heterocycles. The summed E-state index contributed by atoms with van der Waals surface area (Å²) in [5, 5.41) is 9.12. The molecule has 6 nitrogen and oxygen atoms in total. The second-order valence-corrected chi connectivity index (χ2v) is 6.39. The highest BCUT2D eigenvalue weighted by atomic mass is 19.1. The smallest absolute Gasteiger partial charge is 0.327 e. The molecule has 7 heteroatoms. The molecule has 0 bridgehead atoms. The number of halogens is 1. The highest BCUT2D eigenvalue weighted by Crippen LogP contribution is 2.62. The first-order valence-corrected chi connectivity index (χ1v) is 7.18. The Morgan fingerprint density at radius 1 is 1.43 bits per heavy atom. The molecule has 0 spiro atoms. The average Bonchev–Trinajstić information content (AvgIpc) is 3.02. The van der Waals surface area contributed by atoms with Gasteiger partial charge in [0, 0.05) is 5.92 Å². The summed E-state index contributed by atoms with van der Waals surface area (Å²) in [6, 6.07) is 0. The van der Waals surface area contributed by atoms with Crippen molar-refractivity contribution in [3.05, 3.63) is 0 Å². The van der Waals surface area contributed by atoms with Crippen LogP contribution in [0.4, 0.5) is 4.39 Å². The number of aliphatic carboxylic acids is 1. The van der Waals surface area contributed by atoms with Crippen LogP contribution in [0.25, 0.3) is 0 Å². The minimum Gasteiger partial charge on any atom is -0.480 e. The number of carboxylic acid groups (broad SMARTS) is 1. The summed E-state index contributed by atoms with van der Waals surface area (Å²) >= 11 is 0. The van der Waals surface area contributed by atoms with E-state index in [2.05, 4.69) is 0 Å². The number of carbonyl (C=O) groups excluding carboxylic acids is 1. The molecule has 3 N–H and O–H groups in total. The maximum absolute atomic E-state index is 13.7. The second kappa shape index (κ2) is 5.53. The van der Waals surface area contributed by atoms with Crippen LogP contribution in [-0.4, -0.2) is 41.7 Å². The molecule has 6 atom stereocenters. The van der Waals surface area contributed by atoms with Crippen molar-refractivity contribution in [3.63, 3.8) is 0 Å². The quantitative estimate of drug-likeness (QED) is 0.559. The van der Waals surface area contributed by atoms with Crippen LogP contribution in [0.5, 0.6) is 0 Å². The molecule has 0 aromatic rings. The van der Waals surface area contributed by atoms with Crippen molar-refractivity contribution in [2.24, 2.45) is 29.4 Å². The fourth-order valence-corrected chi connectivity index (χ4v) is 3.16. The number of rotatable bonds is 6. The van der Waals surface area contributed by atoms with E-state index < -0.39 is 41.8 Å². The SMILES string of the molecule is CC(C)COC(C)OC(=O)[C@H]1[C@@H]2C[C@H](F)[C@@](N)(C(=O)O)[C@@H]21. The number of ether oxygens (including phenoxy) is 2. The van der Waals surface area contributed by atoms with Crippen molar-refractivity contribution in [1.82, 2.24) is 0 Å². The Morgan fingerprint density at radius 2 is 2.05 bits per heavy atom. The van der Waals surface area contributed by atoms with Gasteiger partial charge in [-0.15, -0.1) is 0 Å². The summed E-state index contributed by atoms with van der Waals surface area (Å²) in [5.41, 5.74) is 3.70. The van der Waals surface area contributed by atoms with E-state index in [-0.39, 0.29) is 12.3 Å². The maximum Gasteiger partial charge on any atom is 0.327 e. The molecular formula is C14H22FNO5. The van der Waals surface area contributed by atoms with Crippen molar-refractivity contribution in [1.29, 1.82) is 0 Å². The lowest BCUT2D eigenvalue weighted by Crippen LogP contribution is -2.56. The van der Waals surface area contributed by atoms with Gasteiger partial charge in [-0.3, -0.25) is 9.59 Å². The van der Waals surface area contributed by atoms with Crippen molar-refractivity contribution >= 4 is 11.9 Å². The van der Waals surface area contributed by atoms with Crippen LogP contribution in [-0.2, 0) is 19.1 Å². The summed E-state index contributed by atoms with van der Waals surface area (Å²) in [6.45, 7) is 5.99. The summed E-state index contributed by atoms with van der Waals surface area (Å²) in [7, 11) is 0. The fourth-order valence-electron chi connectivity index (χ4n) is 3.16. The normalized spacial score (nSPS) is 39.0. The minimum atomic E-state index is -1.98. The third-order valence-electron chi connectivity index (χ3n) is 4.31. The number of alkyl halides is 1. The van der Waals surface area contributed by atoms with E-state index in [1.165, 1.54) is 0 Å². The van der Waals surface area contributed by atoms with E-state index in [1.54, 1.807) is 6.92 Å². The monoisotopic (exact) mass is 303 g/mol. The van der Waals surface area contributed by atoms with Crippen molar-refractivity contribution in [3.8, 4) is 0 Å². The van der Waals surface area contributed by atoms with Crippen LogP contribution in [0, 0.1) is 23.7 Å². The van der Waals surface area contributed by atoms with Crippen molar-refractivity contribution in [2.75, 3.05) is 6.61 Å². The Labute approximate surface area is 122 Å². The van der Waals surface area contributed by atoms with Gasteiger partial charge in [-0.25, -0.2) is 4.39 Å². The minimum absolute atomic E-state index is 0.00549. The Morgan fingerprint density at radius 3 is 2.57 bits per heavy atom. The van der Waals surface area contributed by atoms with E-state index in [0.29, 0.717) is 12.5 Å². The molecule has 2 saturated carbocycles. The third kappa shape index (κ3) is 2.76. The van der Waals surface area contributed by atoms with Crippen LogP contribution < -0.4 is 5.73 Å². The first-order chi connectivity index (χ1) is 9.69. The average molecular weight is 303 g/mol. The number of nitrogens with two attached hydrogens (primary N) is 1. The molecule has 2 aliphatic carbocycles. The molecule has 21 heavy (non-hydrogen) atoms. The van der Waals surface area contributed by atoms with Crippen LogP contribution in [0.3, 0.4) is 0 Å². The summed E-state index contributed by atoms with van der Waals surface area (Å²) < 4.78 is 24.2. The van der Waals surface area contributed by atoms with Crippen molar-refractivity contribution in [2.45, 2.75) is 45.2 Å². The molecule has 120 valence electrons. The zero-order chi connectivity index (χ0) is 15.9. The standard InChI is InChI=1S/C14H22FNO5/c1-6(2)5-20-7(3)21-12(17)10-8-4-9(15)14(16,11(8)10)13(18)19/h6-11H,4-5,16H2,1-3H3,(H,18,19)/t7?,8-,9-,10-,11-,14-/m0/s1. The van der Waals surface area contributed by atoms with Gasteiger partial charge in [0.05, 0.1) is 12.5 Å². The lowest BCUT2D eigenvalue weighted by molar-refractivity contribution is -0.179. The molecule has 0 saturated heterocycles. The van der Waals surface area contributed by atoms with Gasteiger partial charge in [-0.1, -0.05) is 13.8 Å². The zero-order valence-corrected chi connectivity index (χ0v) is 12.4. The van der Waals surface area contributed by atoms with Crippen molar-refractivity contribution < 1.29 is 28.6 Å². The van der Waals surface area contributed by atoms with E-state index in [9.17, 15) is 14.0 Å². The molecule has 2 aliphatic rings. The molecule has 0 aromatic carbocycles. The first kappa shape index (κ1) is 16.2. The number of hydrogen-bond donors (Lipinski definition) is 2. The van der Waals surface area contributed by atoms with Gasteiger partial charge < -0.3 is 20.3 Å². The fraction of sp³-hybridized carbons (Fsp3) is 0.857. The highest BCUT2D eigenvalue weighted by molar-refractivity contribution is 5.86. The lowest BCUT2D eigenvalue weighted by atomic mass is 9.90. The lowest BCUT2D eigenvalue weighted by Gasteiger charge is -2.25. The van der Waals surface area contributed by atoms with Crippen LogP contribution >= 0.6 is 0 Å². The van der Waals surface area contributed by atoms with E-state index in [0.717, 1.165) is 0 Å². The van der Waals surface area contributed by atoms with E-state index >= 15 is 0 Å². The number of carbonyl (C=O) groups is 2. The van der Waals surface area contributed by atoms with Gasteiger partial charge >= 0.3 is 11.9 Å². The molecule has 0 aliphatic heterocycles. The molecule has 2 fully saturated rings. The Hall–Kier alpha value is -1.21. The zero-order valence-electron chi connectivity index (χ0n) is 12.4. The molecular weight excluding hydrogens is 281 g/mol. The number of esters is 1. The predicted octanol–water partition coefficient (Wildman–Crippen LogP) is 0.934. The van der Waals surface area contributed by atoms with Crippen LogP contribution in [0.15, 0.2) is 0 Å². The molecule has 2 rings (SSSR count). The third-order valence-corrected chi connectivity index (χ3v) is 4.31. The second-order valence-electron chi connectivity index (χ2n) is 6.39. The van der Waals surface area contributed by atoms with E-state index in [1.807, 2.05) is 13.8 Å². The summed E-state index contributed by atoms with van der Waals surface area (Å²) in [4.78, 5) is 23.2. The first-order valence-electron chi connectivity index (χ1n) is 7.18.